The monoisotopic (exact) mass is 305 g/mol. The van der Waals surface area contributed by atoms with E-state index in [2.05, 4.69) is 16.0 Å². The molecule has 1 saturated heterocycles. The van der Waals surface area contributed by atoms with E-state index in [0.29, 0.717) is 24.4 Å². The van der Waals surface area contributed by atoms with E-state index in [1.165, 1.54) is 0 Å². The Hall–Kier alpha value is -1.92. The summed E-state index contributed by atoms with van der Waals surface area (Å²) in [5, 5.41) is 8.78. The van der Waals surface area contributed by atoms with Gasteiger partial charge in [0.25, 0.3) is 11.8 Å². The zero-order valence-electron chi connectivity index (χ0n) is 13.2. The first-order valence-electron chi connectivity index (χ1n) is 7.41. The average Bonchev–Trinajstić information content (AvgIpc) is 2.47. The van der Waals surface area contributed by atoms with Gasteiger partial charge in [-0.25, -0.2) is 0 Å². The predicted molar refractivity (Wildman–Crippen MR) is 84.9 cm³/mol. The molecule has 3 N–H and O–H groups in total. The normalized spacial score (nSPS) is 18.6. The summed E-state index contributed by atoms with van der Waals surface area (Å²) >= 11 is 0. The van der Waals surface area contributed by atoms with Gasteiger partial charge < -0.3 is 20.7 Å². The molecule has 0 radical (unpaired) electrons. The molecule has 1 fully saturated rings. The molecule has 6 heteroatoms. The van der Waals surface area contributed by atoms with Crippen LogP contribution in [-0.4, -0.2) is 43.2 Å². The van der Waals surface area contributed by atoms with Crippen LogP contribution in [0.2, 0.25) is 0 Å². The van der Waals surface area contributed by atoms with Crippen LogP contribution in [-0.2, 0) is 9.53 Å². The van der Waals surface area contributed by atoms with Crippen molar-refractivity contribution in [2.75, 3.05) is 25.0 Å². The van der Waals surface area contributed by atoms with Crippen LogP contribution in [0.4, 0.5) is 5.69 Å². The van der Waals surface area contributed by atoms with Crippen molar-refractivity contribution in [2.24, 2.45) is 0 Å². The Morgan fingerprint density at radius 2 is 2.00 bits per heavy atom. The molecule has 2 rings (SSSR count). The molecule has 1 aromatic rings. The van der Waals surface area contributed by atoms with E-state index in [9.17, 15) is 9.59 Å². The molecule has 0 spiro atoms. The van der Waals surface area contributed by atoms with E-state index in [1.54, 1.807) is 24.3 Å². The summed E-state index contributed by atoms with van der Waals surface area (Å²) < 4.78 is 5.42. The number of hydrogen-bond donors (Lipinski definition) is 3. The third-order valence-electron chi connectivity index (χ3n) is 3.14. The highest BCUT2D eigenvalue weighted by Crippen LogP contribution is 2.17. The minimum Gasteiger partial charge on any atom is -0.366 e. The Morgan fingerprint density at radius 3 is 2.64 bits per heavy atom. The number of benzene rings is 1. The summed E-state index contributed by atoms with van der Waals surface area (Å²) in [7, 11) is 0. The fourth-order valence-electron chi connectivity index (χ4n) is 2.15. The molecule has 1 atom stereocenters. The third-order valence-corrected chi connectivity index (χ3v) is 3.14. The summed E-state index contributed by atoms with van der Waals surface area (Å²) in [4.78, 5) is 24.6. The summed E-state index contributed by atoms with van der Waals surface area (Å²) in [6, 6.07) is 6.96. The molecule has 1 aromatic carbocycles. The largest absolute Gasteiger partial charge is 0.366 e. The Balaban J connectivity index is 2.10. The standard InChI is InChI=1S/C16H23N3O3/c1-16(2,3)19-14(20)11-6-4-5-7-12(11)18-15(21)13-10-17-8-9-22-13/h4-7,13,17H,8-10H2,1-3H3,(H,18,21)(H,19,20). The number of ether oxygens (including phenoxy) is 1. The number of amides is 2. The molecular weight excluding hydrogens is 282 g/mol. The fourth-order valence-corrected chi connectivity index (χ4v) is 2.15. The Morgan fingerprint density at radius 1 is 1.27 bits per heavy atom. The van der Waals surface area contributed by atoms with E-state index < -0.39 is 6.10 Å². The van der Waals surface area contributed by atoms with Gasteiger partial charge in [-0.2, -0.15) is 0 Å². The molecule has 1 aliphatic rings. The molecule has 1 aliphatic heterocycles. The minimum atomic E-state index is -0.535. The number of morpholine rings is 1. The lowest BCUT2D eigenvalue weighted by atomic mass is 10.1. The van der Waals surface area contributed by atoms with Crippen LogP contribution in [0.3, 0.4) is 0 Å². The van der Waals surface area contributed by atoms with Gasteiger partial charge in [0.2, 0.25) is 0 Å². The van der Waals surface area contributed by atoms with Gasteiger partial charge >= 0.3 is 0 Å². The highest BCUT2D eigenvalue weighted by molar-refractivity contribution is 6.04. The fraction of sp³-hybridized carbons (Fsp3) is 0.500. The molecule has 2 amide bonds. The van der Waals surface area contributed by atoms with Gasteiger partial charge in [-0.3, -0.25) is 9.59 Å². The third kappa shape index (κ3) is 4.54. The molecule has 0 saturated carbocycles. The van der Waals surface area contributed by atoms with Gasteiger partial charge in [0.05, 0.1) is 17.9 Å². The second-order valence-corrected chi connectivity index (χ2v) is 6.30. The zero-order chi connectivity index (χ0) is 16.2. The van der Waals surface area contributed by atoms with Crippen molar-refractivity contribution >= 4 is 17.5 Å². The van der Waals surface area contributed by atoms with Gasteiger partial charge in [-0.05, 0) is 32.9 Å². The number of nitrogens with one attached hydrogen (secondary N) is 3. The average molecular weight is 305 g/mol. The maximum absolute atomic E-state index is 12.3. The molecule has 22 heavy (non-hydrogen) atoms. The van der Waals surface area contributed by atoms with Crippen LogP contribution >= 0.6 is 0 Å². The smallest absolute Gasteiger partial charge is 0.254 e. The highest BCUT2D eigenvalue weighted by Gasteiger charge is 2.24. The highest BCUT2D eigenvalue weighted by atomic mass is 16.5. The summed E-state index contributed by atoms with van der Waals surface area (Å²) in [6.07, 6.45) is -0.535. The van der Waals surface area contributed by atoms with Crippen LogP contribution in [0.5, 0.6) is 0 Å². The van der Waals surface area contributed by atoms with Gasteiger partial charge in [-0.15, -0.1) is 0 Å². The van der Waals surface area contributed by atoms with Crippen molar-refractivity contribution < 1.29 is 14.3 Å². The molecule has 6 nitrogen and oxygen atoms in total. The molecule has 0 bridgehead atoms. The maximum Gasteiger partial charge on any atom is 0.254 e. The SMILES string of the molecule is CC(C)(C)NC(=O)c1ccccc1NC(=O)C1CNCCO1. The predicted octanol–water partition coefficient (Wildman–Crippen LogP) is 1.14. The number of hydrogen-bond acceptors (Lipinski definition) is 4. The number of carbonyl (C=O) groups is 2. The van der Waals surface area contributed by atoms with Crippen molar-refractivity contribution in [1.29, 1.82) is 0 Å². The molecule has 0 aromatic heterocycles. The van der Waals surface area contributed by atoms with Crippen LogP contribution in [0.1, 0.15) is 31.1 Å². The first-order chi connectivity index (χ1) is 10.4. The second-order valence-electron chi connectivity index (χ2n) is 6.30. The summed E-state index contributed by atoms with van der Waals surface area (Å²) in [5.41, 5.74) is 0.586. The zero-order valence-corrected chi connectivity index (χ0v) is 13.2. The van der Waals surface area contributed by atoms with Crippen molar-refractivity contribution in [1.82, 2.24) is 10.6 Å². The second kappa shape index (κ2) is 6.89. The van der Waals surface area contributed by atoms with Crippen LogP contribution in [0.25, 0.3) is 0 Å². The van der Waals surface area contributed by atoms with Crippen LogP contribution in [0.15, 0.2) is 24.3 Å². The van der Waals surface area contributed by atoms with E-state index in [4.69, 9.17) is 4.74 Å². The van der Waals surface area contributed by atoms with E-state index in [0.717, 1.165) is 6.54 Å². The Bertz CT molecular complexity index is 546. The summed E-state index contributed by atoms with van der Waals surface area (Å²) in [6.45, 7) is 7.45. The van der Waals surface area contributed by atoms with E-state index in [1.807, 2.05) is 20.8 Å². The first-order valence-corrected chi connectivity index (χ1v) is 7.41. The molecule has 1 unspecified atom stereocenters. The van der Waals surface area contributed by atoms with Gasteiger partial charge in [0.1, 0.15) is 6.10 Å². The van der Waals surface area contributed by atoms with Crippen LogP contribution < -0.4 is 16.0 Å². The van der Waals surface area contributed by atoms with Crippen molar-refractivity contribution in [3.63, 3.8) is 0 Å². The molecule has 120 valence electrons. The number of rotatable bonds is 3. The first kappa shape index (κ1) is 16.5. The number of anilines is 1. The number of para-hydroxylation sites is 1. The summed E-state index contributed by atoms with van der Waals surface area (Å²) in [5.74, 6) is -0.464. The quantitative estimate of drug-likeness (QED) is 0.782. The van der Waals surface area contributed by atoms with Crippen molar-refractivity contribution in [3.05, 3.63) is 29.8 Å². The van der Waals surface area contributed by atoms with Gasteiger partial charge in [-0.1, -0.05) is 12.1 Å². The van der Waals surface area contributed by atoms with Gasteiger partial charge in [0.15, 0.2) is 0 Å². The Labute approximate surface area is 130 Å². The molecular formula is C16H23N3O3. The molecule has 0 aliphatic carbocycles. The van der Waals surface area contributed by atoms with Crippen molar-refractivity contribution in [3.8, 4) is 0 Å². The van der Waals surface area contributed by atoms with E-state index in [-0.39, 0.29) is 17.4 Å². The lowest BCUT2D eigenvalue weighted by molar-refractivity contribution is -0.128. The van der Waals surface area contributed by atoms with Gasteiger partial charge in [0, 0.05) is 18.6 Å². The van der Waals surface area contributed by atoms with Crippen molar-refractivity contribution in [2.45, 2.75) is 32.4 Å². The minimum absolute atomic E-state index is 0.217. The lowest BCUT2D eigenvalue weighted by Gasteiger charge is -2.24. The Kier molecular flexibility index (Phi) is 5.15. The maximum atomic E-state index is 12.3. The van der Waals surface area contributed by atoms with E-state index >= 15 is 0 Å². The molecule has 1 heterocycles. The number of carbonyl (C=O) groups excluding carboxylic acids is 2. The van der Waals surface area contributed by atoms with Crippen LogP contribution in [0, 0.1) is 0 Å². The lowest BCUT2D eigenvalue weighted by Crippen LogP contribution is -2.45. The topological polar surface area (TPSA) is 79.5 Å².